The lowest BCUT2D eigenvalue weighted by Gasteiger charge is -2.20. The maximum atomic E-state index is 9.92. The molecule has 0 radical (unpaired) electrons. The summed E-state index contributed by atoms with van der Waals surface area (Å²) in [5.41, 5.74) is -0.884. The number of hydrogen-bond donors (Lipinski definition) is 0. The van der Waals surface area contributed by atoms with Gasteiger partial charge in [-0.15, -0.1) is 0 Å². The Morgan fingerprint density at radius 3 is 2.00 bits per heavy atom. The van der Waals surface area contributed by atoms with Crippen LogP contribution in [0.15, 0.2) is 0 Å². The first-order valence-corrected chi connectivity index (χ1v) is 4.76. The molecule has 1 rings (SSSR count). The average Bonchev–Trinajstić information content (AvgIpc) is 1.78. The van der Waals surface area contributed by atoms with Crippen LogP contribution in [0.4, 0.5) is 4.79 Å². The van der Waals surface area contributed by atoms with E-state index in [2.05, 4.69) is 11.7 Å². The molecule has 0 spiro atoms. The minimum absolute atomic E-state index is 0.565. The Hall–Kier alpha value is 0.01000. The van der Waals surface area contributed by atoms with Crippen molar-refractivity contribution in [1.82, 2.24) is 0 Å². The number of carbonyl (C=O) groups is 1. The second-order valence-electron chi connectivity index (χ2n) is 3.17. The number of halogens is 2. The van der Waals surface area contributed by atoms with Crippen molar-refractivity contribution in [2.24, 2.45) is 0 Å². The number of rotatable bonds is 1. The van der Waals surface area contributed by atoms with Gasteiger partial charge in [0.1, 0.15) is 0 Å². The van der Waals surface area contributed by atoms with Gasteiger partial charge in [0.2, 0.25) is 0 Å². The molecule has 0 amide bonds. The zero-order valence-corrected chi connectivity index (χ0v) is 9.48. The summed E-state index contributed by atoms with van der Waals surface area (Å²) < 4.78 is 9.26. The van der Waals surface area contributed by atoms with Crippen molar-refractivity contribution >= 4 is 28.6 Å². The maximum absolute atomic E-state index is 9.92. The van der Waals surface area contributed by atoms with Gasteiger partial charge in [-0.25, -0.2) is 4.79 Å². The predicted octanol–water partition coefficient (Wildman–Crippen LogP) is 3.13. The Bertz CT molecular complexity index is 161. The molecule has 0 saturated carbocycles. The number of ether oxygens (including phenoxy) is 2. The fraction of sp³-hybridized carbons (Fsp3) is 0.875. The molecule has 1 unspecified atom stereocenters. The van der Waals surface area contributed by atoms with E-state index in [1.54, 1.807) is 0 Å². The summed E-state index contributed by atoms with van der Waals surface area (Å²) in [5.74, 6) is 0. The quantitative estimate of drug-likeness (QED) is 0.511. The van der Waals surface area contributed by atoms with E-state index in [4.69, 9.17) is 27.9 Å². The molecule has 0 aromatic heterocycles. The summed E-state index contributed by atoms with van der Waals surface area (Å²) in [6, 6.07) is 0. The first-order valence-electron chi connectivity index (χ1n) is 4.00. The van der Waals surface area contributed by atoms with Gasteiger partial charge < -0.3 is 9.47 Å². The smallest absolute Gasteiger partial charge is 0.405 e. The largest absolute Gasteiger partial charge is 0.432 e. The number of carbonyl (C=O) groups excluding carboxylic acids is 1. The zero-order valence-electron chi connectivity index (χ0n) is 7.97. The summed E-state index contributed by atoms with van der Waals surface area (Å²) >= 11 is 10.2. The third-order valence-electron chi connectivity index (χ3n) is 1.25. The lowest BCUT2D eigenvalue weighted by Crippen LogP contribution is -2.22. The van der Waals surface area contributed by atoms with Crippen molar-refractivity contribution in [2.45, 2.75) is 38.4 Å². The van der Waals surface area contributed by atoms with Gasteiger partial charge in [-0.2, -0.15) is 0 Å². The van der Waals surface area contributed by atoms with Crippen LogP contribution in [-0.4, -0.2) is 23.2 Å². The van der Waals surface area contributed by atoms with Gasteiger partial charge in [0.25, 0.3) is 0 Å². The first-order chi connectivity index (χ1) is 5.81. The summed E-state index contributed by atoms with van der Waals surface area (Å²) in [6.07, 6.45) is 1.83. The monoisotopic (exact) mass is 228 g/mol. The van der Waals surface area contributed by atoms with Crippen molar-refractivity contribution in [3.8, 4) is 0 Å². The van der Waals surface area contributed by atoms with Crippen molar-refractivity contribution in [1.29, 1.82) is 0 Å². The minimum atomic E-state index is -0.987. The standard InChI is InChI=1S/C4H6Cl2O2.C4H8O/c1-4(2,6)8-3(5)7;1-4-2-3-5-4/h1-2H3;4H,2-3H2,1H3. The fourth-order valence-electron chi connectivity index (χ4n) is 0.544. The van der Waals surface area contributed by atoms with E-state index in [-0.39, 0.29) is 0 Å². The van der Waals surface area contributed by atoms with Crippen LogP contribution in [0.5, 0.6) is 0 Å². The van der Waals surface area contributed by atoms with Crippen LogP contribution in [-0.2, 0) is 9.47 Å². The molecule has 3 nitrogen and oxygen atoms in total. The van der Waals surface area contributed by atoms with Crippen molar-refractivity contribution in [2.75, 3.05) is 6.61 Å². The van der Waals surface area contributed by atoms with Crippen molar-refractivity contribution < 1.29 is 14.3 Å². The first kappa shape index (κ1) is 13.0. The SMILES string of the molecule is CC(C)(Cl)OC(=O)Cl.CC1CCO1. The number of alkyl halides is 1. The van der Waals surface area contributed by atoms with E-state index in [1.807, 2.05) is 0 Å². The van der Waals surface area contributed by atoms with Crippen molar-refractivity contribution in [3.63, 3.8) is 0 Å². The highest BCUT2D eigenvalue weighted by Gasteiger charge is 2.16. The Balaban J connectivity index is 0.000000243. The second-order valence-corrected chi connectivity index (χ2v) is 4.39. The number of hydrogen-bond acceptors (Lipinski definition) is 3. The molecular weight excluding hydrogens is 215 g/mol. The van der Waals surface area contributed by atoms with Crippen LogP contribution in [0.3, 0.4) is 0 Å². The average molecular weight is 229 g/mol. The lowest BCUT2D eigenvalue weighted by atomic mass is 10.2. The molecule has 5 heteroatoms. The molecule has 1 aliphatic rings. The van der Waals surface area contributed by atoms with E-state index in [1.165, 1.54) is 20.3 Å². The fourth-order valence-corrected chi connectivity index (χ4v) is 0.847. The Kier molecular flexibility index (Phi) is 5.68. The Morgan fingerprint density at radius 2 is 2.00 bits per heavy atom. The summed E-state index contributed by atoms with van der Waals surface area (Å²) in [6.45, 7) is 6.12. The van der Waals surface area contributed by atoms with E-state index in [0.29, 0.717) is 6.10 Å². The molecule has 0 bridgehead atoms. The van der Waals surface area contributed by atoms with E-state index in [0.717, 1.165) is 6.61 Å². The van der Waals surface area contributed by atoms with Crippen LogP contribution < -0.4 is 0 Å². The van der Waals surface area contributed by atoms with Crippen LogP contribution in [0.1, 0.15) is 27.2 Å². The molecule has 0 N–H and O–H groups in total. The highest BCUT2D eigenvalue weighted by Crippen LogP contribution is 2.15. The van der Waals surface area contributed by atoms with E-state index < -0.39 is 10.5 Å². The molecule has 1 atom stereocenters. The normalized spacial score (nSPS) is 20.8. The third kappa shape index (κ3) is 9.93. The van der Waals surface area contributed by atoms with Crippen LogP contribution >= 0.6 is 23.2 Å². The van der Waals surface area contributed by atoms with Crippen LogP contribution in [0.2, 0.25) is 0 Å². The van der Waals surface area contributed by atoms with E-state index in [9.17, 15) is 4.79 Å². The molecule has 0 aromatic rings. The summed E-state index contributed by atoms with van der Waals surface area (Å²) in [7, 11) is 0. The maximum Gasteiger partial charge on any atom is 0.405 e. The zero-order chi connectivity index (χ0) is 10.5. The molecule has 1 saturated heterocycles. The Morgan fingerprint density at radius 1 is 1.62 bits per heavy atom. The minimum Gasteiger partial charge on any atom is -0.432 e. The molecule has 78 valence electrons. The highest BCUT2D eigenvalue weighted by atomic mass is 35.5. The topological polar surface area (TPSA) is 35.5 Å². The lowest BCUT2D eigenvalue weighted by molar-refractivity contribution is -0.0375. The Labute approximate surface area is 88.3 Å². The molecule has 0 aliphatic carbocycles. The second kappa shape index (κ2) is 5.68. The molecular formula is C8H14Cl2O3. The molecule has 1 aliphatic heterocycles. The molecule has 13 heavy (non-hydrogen) atoms. The van der Waals surface area contributed by atoms with Gasteiger partial charge in [-0.1, -0.05) is 11.6 Å². The highest BCUT2D eigenvalue weighted by molar-refractivity contribution is 6.61. The van der Waals surface area contributed by atoms with Gasteiger partial charge in [0.05, 0.1) is 6.10 Å². The van der Waals surface area contributed by atoms with Gasteiger partial charge in [-0.3, -0.25) is 0 Å². The van der Waals surface area contributed by atoms with Gasteiger partial charge in [-0.05, 0) is 27.2 Å². The molecule has 0 aromatic carbocycles. The summed E-state index contributed by atoms with van der Waals surface area (Å²) in [5, 5.41) is -0.987. The third-order valence-corrected chi connectivity index (χ3v) is 1.40. The van der Waals surface area contributed by atoms with Gasteiger partial charge >= 0.3 is 5.43 Å². The van der Waals surface area contributed by atoms with Crippen molar-refractivity contribution in [3.05, 3.63) is 0 Å². The molecule has 1 fully saturated rings. The molecule has 1 heterocycles. The predicted molar refractivity (Wildman–Crippen MR) is 52.3 cm³/mol. The van der Waals surface area contributed by atoms with Crippen LogP contribution in [0, 0.1) is 0 Å². The van der Waals surface area contributed by atoms with Gasteiger partial charge in [0.15, 0.2) is 5.06 Å². The van der Waals surface area contributed by atoms with Gasteiger partial charge in [0, 0.05) is 18.2 Å². The summed E-state index contributed by atoms with van der Waals surface area (Å²) in [4.78, 5) is 9.92. The van der Waals surface area contributed by atoms with Crippen LogP contribution in [0.25, 0.3) is 0 Å². The van der Waals surface area contributed by atoms with E-state index >= 15 is 0 Å².